The van der Waals surface area contributed by atoms with Gasteiger partial charge in [0.25, 0.3) is 0 Å². The van der Waals surface area contributed by atoms with Gasteiger partial charge in [0.05, 0.1) is 5.69 Å². The molecule has 3 rings (SSSR count). The van der Waals surface area contributed by atoms with Crippen molar-refractivity contribution in [2.75, 3.05) is 5.32 Å². The van der Waals surface area contributed by atoms with Crippen LogP contribution >= 0.6 is 22.7 Å². The molecule has 0 saturated heterocycles. The van der Waals surface area contributed by atoms with Crippen LogP contribution in [0, 0.1) is 11.6 Å². The Bertz CT molecular complexity index is 857. The Morgan fingerprint density at radius 1 is 1.17 bits per heavy atom. The molecule has 0 radical (unpaired) electrons. The Morgan fingerprint density at radius 2 is 2.04 bits per heavy atom. The summed E-state index contributed by atoms with van der Waals surface area (Å²) in [5.74, 6) is -2.14. The van der Waals surface area contributed by atoms with E-state index in [1.165, 1.54) is 34.8 Å². The molecule has 2 heterocycles. The van der Waals surface area contributed by atoms with Crippen molar-refractivity contribution < 1.29 is 13.6 Å². The van der Waals surface area contributed by atoms with Gasteiger partial charge in [-0.05, 0) is 35.7 Å². The fourth-order valence-corrected chi connectivity index (χ4v) is 3.15. The Morgan fingerprint density at radius 3 is 2.78 bits per heavy atom. The Labute approximate surface area is 138 Å². The third-order valence-electron chi connectivity index (χ3n) is 2.89. The number of hydrogen-bond donors (Lipinski definition) is 1. The van der Waals surface area contributed by atoms with Crippen LogP contribution in [0.25, 0.3) is 17.3 Å². The van der Waals surface area contributed by atoms with Crippen molar-refractivity contribution in [3.63, 3.8) is 0 Å². The number of aromatic nitrogens is 1. The van der Waals surface area contributed by atoms with Gasteiger partial charge in [-0.1, -0.05) is 6.07 Å². The molecule has 0 unspecified atom stereocenters. The van der Waals surface area contributed by atoms with Gasteiger partial charge in [-0.2, -0.15) is 0 Å². The lowest BCUT2D eigenvalue weighted by Crippen LogP contribution is -2.07. The van der Waals surface area contributed by atoms with Gasteiger partial charge < -0.3 is 0 Å². The summed E-state index contributed by atoms with van der Waals surface area (Å²) in [5, 5.41) is 6.63. The molecule has 2 aromatic heterocycles. The van der Waals surface area contributed by atoms with Crippen molar-refractivity contribution in [1.29, 1.82) is 0 Å². The van der Waals surface area contributed by atoms with Crippen LogP contribution in [0.15, 0.2) is 47.2 Å². The third kappa shape index (κ3) is 3.88. The monoisotopic (exact) mass is 348 g/mol. The minimum atomic E-state index is -0.931. The molecular formula is C16H10F2N2OS2. The van der Waals surface area contributed by atoms with Crippen molar-refractivity contribution in [3.8, 4) is 11.3 Å². The lowest BCUT2D eigenvalue weighted by molar-refractivity contribution is -0.111. The first kappa shape index (κ1) is 15.5. The first-order valence-electron chi connectivity index (χ1n) is 6.55. The predicted octanol–water partition coefficient (Wildman–Crippen LogP) is 4.80. The van der Waals surface area contributed by atoms with E-state index in [9.17, 15) is 13.6 Å². The van der Waals surface area contributed by atoms with E-state index in [1.54, 1.807) is 11.5 Å². The normalized spacial score (nSPS) is 11.0. The summed E-state index contributed by atoms with van der Waals surface area (Å²) in [5.41, 5.74) is 0.932. The van der Waals surface area contributed by atoms with E-state index in [0.29, 0.717) is 16.4 Å². The quantitative estimate of drug-likeness (QED) is 0.688. The highest BCUT2D eigenvalue weighted by Crippen LogP contribution is 2.26. The van der Waals surface area contributed by atoms with Gasteiger partial charge >= 0.3 is 0 Å². The van der Waals surface area contributed by atoms with Gasteiger partial charge in [0.2, 0.25) is 5.91 Å². The molecule has 0 spiro atoms. The summed E-state index contributed by atoms with van der Waals surface area (Å²) in [6.45, 7) is 0. The molecule has 0 saturated carbocycles. The van der Waals surface area contributed by atoms with Crippen molar-refractivity contribution >= 4 is 39.8 Å². The molecular weight excluding hydrogens is 338 g/mol. The average molecular weight is 348 g/mol. The minimum absolute atomic E-state index is 0.301. The molecule has 0 aliphatic carbocycles. The smallest absolute Gasteiger partial charge is 0.250 e. The minimum Gasteiger partial charge on any atom is -0.298 e. The van der Waals surface area contributed by atoms with E-state index in [-0.39, 0.29) is 5.91 Å². The van der Waals surface area contributed by atoms with Crippen molar-refractivity contribution in [3.05, 3.63) is 63.7 Å². The number of halogens is 2. The summed E-state index contributed by atoms with van der Waals surface area (Å²) in [7, 11) is 0. The van der Waals surface area contributed by atoms with Crippen LogP contribution in [0.1, 0.15) is 4.88 Å². The number of thiazole rings is 1. The Balaban J connectivity index is 1.69. The van der Waals surface area contributed by atoms with E-state index >= 15 is 0 Å². The molecule has 0 aliphatic heterocycles. The number of thiophene rings is 1. The molecule has 0 bridgehead atoms. The zero-order chi connectivity index (χ0) is 16.2. The van der Waals surface area contributed by atoms with E-state index < -0.39 is 11.6 Å². The van der Waals surface area contributed by atoms with Gasteiger partial charge in [0.15, 0.2) is 16.8 Å². The maximum atomic E-state index is 13.2. The molecule has 7 heteroatoms. The summed E-state index contributed by atoms with van der Waals surface area (Å²) in [6.07, 6.45) is 3.13. The van der Waals surface area contributed by atoms with Crippen molar-refractivity contribution in [2.45, 2.75) is 0 Å². The molecule has 23 heavy (non-hydrogen) atoms. The first-order valence-corrected chi connectivity index (χ1v) is 8.31. The van der Waals surface area contributed by atoms with Crippen LogP contribution in [0.2, 0.25) is 0 Å². The van der Waals surface area contributed by atoms with E-state index in [4.69, 9.17) is 0 Å². The van der Waals surface area contributed by atoms with Crippen LogP contribution in [0.5, 0.6) is 0 Å². The molecule has 1 amide bonds. The number of carbonyl (C=O) groups is 1. The highest BCUT2D eigenvalue weighted by molar-refractivity contribution is 7.14. The average Bonchev–Trinajstić information content (AvgIpc) is 3.19. The van der Waals surface area contributed by atoms with E-state index in [1.807, 2.05) is 17.5 Å². The second-order valence-electron chi connectivity index (χ2n) is 4.50. The second-order valence-corrected chi connectivity index (χ2v) is 6.34. The number of benzene rings is 1. The molecule has 1 aromatic carbocycles. The number of nitrogens with one attached hydrogen (secondary N) is 1. The van der Waals surface area contributed by atoms with Gasteiger partial charge in [0.1, 0.15) is 0 Å². The number of rotatable bonds is 4. The largest absolute Gasteiger partial charge is 0.298 e. The Hall–Kier alpha value is -2.38. The highest BCUT2D eigenvalue weighted by atomic mass is 32.1. The van der Waals surface area contributed by atoms with E-state index in [0.717, 1.165) is 17.0 Å². The number of nitrogens with zero attached hydrogens (tertiary/aromatic N) is 1. The first-order chi connectivity index (χ1) is 11.1. The zero-order valence-corrected chi connectivity index (χ0v) is 13.3. The molecule has 3 nitrogen and oxygen atoms in total. The third-order valence-corrected chi connectivity index (χ3v) is 4.49. The molecule has 116 valence electrons. The topological polar surface area (TPSA) is 42.0 Å². The standard InChI is InChI=1S/C16H10F2N2OS2/c17-12-5-3-10(8-13(12)18)14-9-23-16(19-14)20-15(21)6-4-11-2-1-7-22-11/h1-9H,(H,19,20,21)/b6-4+. The van der Waals surface area contributed by atoms with Crippen LogP contribution in [0.4, 0.5) is 13.9 Å². The molecule has 0 atom stereocenters. The molecule has 0 fully saturated rings. The lowest BCUT2D eigenvalue weighted by Gasteiger charge is -1.98. The highest BCUT2D eigenvalue weighted by Gasteiger charge is 2.09. The summed E-state index contributed by atoms with van der Waals surface area (Å²) in [4.78, 5) is 17.0. The number of anilines is 1. The zero-order valence-electron chi connectivity index (χ0n) is 11.6. The fraction of sp³-hybridized carbons (Fsp3) is 0. The molecule has 3 aromatic rings. The summed E-state index contributed by atoms with van der Waals surface area (Å²) >= 11 is 2.74. The number of amides is 1. The SMILES string of the molecule is O=C(/C=C/c1cccs1)Nc1nc(-c2ccc(F)c(F)c2)cs1. The van der Waals surface area contributed by atoms with Crippen LogP contribution in [0.3, 0.4) is 0 Å². The molecule has 0 aliphatic rings. The van der Waals surface area contributed by atoms with Crippen molar-refractivity contribution in [1.82, 2.24) is 4.98 Å². The van der Waals surface area contributed by atoms with E-state index in [2.05, 4.69) is 10.3 Å². The Kier molecular flexibility index (Phi) is 4.59. The maximum absolute atomic E-state index is 13.2. The summed E-state index contributed by atoms with van der Waals surface area (Å²) in [6, 6.07) is 7.37. The van der Waals surface area contributed by atoms with Crippen LogP contribution in [-0.4, -0.2) is 10.9 Å². The van der Waals surface area contributed by atoms with Crippen molar-refractivity contribution in [2.24, 2.45) is 0 Å². The second kappa shape index (κ2) is 6.80. The van der Waals surface area contributed by atoms with Gasteiger partial charge in [-0.3, -0.25) is 10.1 Å². The summed E-state index contributed by atoms with van der Waals surface area (Å²) < 4.78 is 26.2. The fourth-order valence-electron chi connectivity index (χ4n) is 1.81. The van der Waals surface area contributed by atoms with Crippen LogP contribution in [-0.2, 0) is 4.79 Å². The van der Waals surface area contributed by atoms with Gasteiger partial charge in [-0.15, -0.1) is 22.7 Å². The van der Waals surface area contributed by atoms with Gasteiger partial charge in [-0.25, -0.2) is 13.8 Å². The van der Waals surface area contributed by atoms with Crippen LogP contribution < -0.4 is 5.32 Å². The van der Waals surface area contributed by atoms with Gasteiger partial charge in [0, 0.05) is 21.9 Å². The number of carbonyl (C=O) groups excluding carboxylic acids is 1. The number of hydrogen-bond acceptors (Lipinski definition) is 4. The maximum Gasteiger partial charge on any atom is 0.250 e. The predicted molar refractivity (Wildman–Crippen MR) is 89.4 cm³/mol. The molecule has 1 N–H and O–H groups in total. The lowest BCUT2D eigenvalue weighted by atomic mass is 10.2.